The summed E-state index contributed by atoms with van der Waals surface area (Å²) >= 11 is 0.536. The van der Waals surface area contributed by atoms with Gasteiger partial charge < -0.3 is 21.2 Å². The van der Waals surface area contributed by atoms with Gasteiger partial charge in [0.05, 0.1) is 11.3 Å². The Morgan fingerprint density at radius 1 is 1.14 bits per heavy atom. The van der Waals surface area contributed by atoms with Crippen molar-refractivity contribution in [2.24, 2.45) is 5.73 Å². The van der Waals surface area contributed by atoms with Crippen LogP contribution in [-0.2, 0) is 11.0 Å². The number of hydrogen-bond donors (Lipinski definition) is 3. The first-order valence-corrected chi connectivity index (χ1v) is 11.3. The lowest BCUT2D eigenvalue weighted by atomic mass is 10.0. The Morgan fingerprint density at radius 3 is 2.31 bits per heavy atom. The van der Waals surface area contributed by atoms with Gasteiger partial charge in [-0.2, -0.15) is 17.5 Å². The van der Waals surface area contributed by atoms with Crippen LogP contribution in [0.5, 0.6) is 0 Å². The van der Waals surface area contributed by atoms with Gasteiger partial charge in [-0.1, -0.05) is 6.07 Å². The summed E-state index contributed by atoms with van der Waals surface area (Å²) in [5.74, 6) is -2.28. The Hall–Kier alpha value is -3.87. The Bertz CT molecular complexity index is 1310. The molecule has 0 saturated heterocycles. The number of nitrogens with one attached hydrogen (secondary N) is 1. The average Bonchev–Trinajstić information content (AvgIpc) is 3.35. The maximum absolute atomic E-state index is 13.8. The molecule has 36 heavy (non-hydrogen) atoms. The molecule has 2 heterocycles. The predicted octanol–water partition coefficient (Wildman–Crippen LogP) is 4.05. The topological polar surface area (TPSA) is 145 Å². The van der Waals surface area contributed by atoms with E-state index in [1.807, 2.05) is 0 Å². The highest BCUT2D eigenvalue weighted by molar-refractivity contribution is 7.09. The van der Waals surface area contributed by atoms with E-state index in [4.69, 9.17) is 15.9 Å². The summed E-state index contributed by atoms with van der Waals surface area (Å²) in [6.45, 7) is 6.71. The van der Waals surface area contributed by atoms with Gasteiger partial charge in [0, 0.05) is 11.2 Å². The maximum Gasteiger partial charge on any atom is 0.416 e. The molecule has 3 aromatic rings. The number of halogens is 3. The van der Waals surface area contributed by atoms with E-state index in [9.17, 15) is 27.6 Å². The van der Waals surface area contributed by atoms with E-state index >= 15 is 0 Å². The summed E-state index contributed by atoms with van der Waals surface area (Å²) in [5.41, 5.74) is 8.41. The molecule has 192 valence electrons. The minimum absolute atomic E-state index is 0.00165. The second-order valence-electron chi connectivity index (χ2n) is 8.95. The van der Waals surface area contributed by atoms with Crippen LogP contribution in [0.3, 0.4) is 0 Å². The smallest absolute Gasteiger partial charge is 0.416 e. The molecule has 0 aliphatic heterocycles. The van der Waals surface area contributed by atoms with Crippen molar-refractivity contribution < 1.29 is 32.0 Å². The van der Waals surface area contributed by atoms with E-state index in [0.29, 0.717) is 17.3 Å². The number of primary amides is 1. The van der Waals surface area contributed by atoms with Crippen LogP contribution < -0.4 is 21.7 Å². The highest BCUT2D eigenvalue weighted by Crippen LogP contribution is 2.37. The highest BCUT2D eigenvalue weighted by Gasteiger charge is 2.40. The Labute approximate surface area is 208 Å². The lowest BCUT2D eigenvalue weighted by Crippen LogP contribution is -2.49. The van der Waals surface area contributed by atoms with Crippen LogP contribution in [-0.4, -0.2) is 27.6 Å². The Morgan fingerprint density at radius 2 is 1.81 bits per heavy atom. The molecule has 0 radical (unpaired) electrons. The van der Waals surface area contributed by atoms with E-state index in [0.717, 1.165) is 23.1 Å². The van der Waals surface area contributed by atoms with Crippen molar-refractivity contribution in [1.29, 1.82) is 0 Å². The second-order valence-corrected chi connectivity index (χ2v) is 9.73. The number of nitrogens with two attached hydrogens (primary N) is 2. The van der Waals surface area contributed by atoms with E-state index in [1.165, 1.54) is 12.1 Å². The molecule has 0 saturated carbocycles. The van der Waals surface area contributed by atoms with Crippen LogP contribution in [0.2, 0.25) is 0 Å². The molecule has 5 N–H and O–H groups in total. The fourth-order valence-electron chi connectivity index (χ4n) is 3.37. The van der Waals surface area contributed by atoms with Crippen molar-refractivity contribution in [2.45, 2.75) is 45.5 Å². The number of carbonyl (C=O) groups excluding carboxylic acids is 3. The normalized spacial score (nSPS) is 12.8. The second kappa shape index (κ2) is 9.64. The molecule has 0 fully saturated rings. The van der Waals surface area contributed by atoms with Crippen LogP contribution in [0, 0.1) is 6.92 Å². The van der Waals surface area contributed by atoms with Crippen LogP contribution >= 0.6 is 11.5 Å². The molecular formula is C23H24F3N5O4S. The van der Waals surface area contributed by atoms with Gasteiger partial charge in [0.15, 0.2) is 11.7 Å². The zero-order chi connectivity index (χ0) is 27.0. The third-order valence-corrected chi connectivity index (χ3v) is 5.71. The van der Waals surface area contributed by atoms with Gasteiger partial charge in [-0.25, -0.2) is 0 Å². The summed E-state index contributed by atoms with van der Waals surface area (Å²) in [5, 5.41) is 2.73. The van der Waals surface area contributed by atoms with Gasteiger partial charge in [-0.15, -0.1) is 0 Å². The molecule has 0 aliphatic rings. The quantitative estimate of drug-likeness (QED) is 0.445. The number of nitrogen functional groups attached to an aromatic ring is 1. The molecule has 0 unspecified atom stereocenters. The van der Waals surface area contributed by atoms with Crippen LogP contribution in [0.25, 0.3) is 0 Å². The van der Waals surface area contributed by atoms with Crippen LogP contribution in [0.15, 0.2) is 40.8 Å². The molecule has 3 amide bonds. The first kappa shape index (κ1) is 26.7. The number of benzene rings is 1. The monoisotopic (exact) mass is 523 g/mol. The molecule has 0 aliphatic carbocycles. The molecule has 13 heteroatoms. The van der Waals surface area contributed by atoms with Gasteiger partial charge in [-0.05, 0) is 69.6 Å². The van der Waals surface area contributed by atoms with Gasteiger partial charge >= 0.3 is 6.18 Å². The van der Waals surface area contributed by atoms with Crippen molar-refractivity contribution in [2.75, 3.05) is 10.6 Å². The van der Waals surface area contributed by atoms with Gasteiger partial charge in [0.2, 0.25) is 0 Å². The van der Waals surface area contributed by atoms with E-state index in [1.54, 1.807) is 33.8 Å². The highest BCUT2D eigenvalue weighted by atomic mass is 32.1. The van der Waals surface area contributed by atoms with Gasteiger partial charge in [-0.3, -0.25) is 19.3 Å². The number of aryl methyl sites for hydroxylation is 1. The van der Waals surface area contributed by atoms with Crippen molar-refractivity contribution in [3.8, 4) is 0 Å². The van der Waals surface area contributed by atoms with Gasteiger partial charge in [0.25, 0.3) is 17.7 Å². The van der Waals surface area contributed by atoms with Crippen LogP contribution in [0.1, 0.15) is 64.1 Å². The number of rotatable bonds is 6. The number of alkyl halides is 3. The number of nitrogens with zero attached hydrogens (tertiary/aromatic N) is 2. The molecule has 1 atom stereocenters. The molecule has 3 rings (SSSR count). The number of carbonyl (C=O) groups is 3. The fourth-order valence-corrected chi connectivity index (χ4v) is 4.11. The maximum atomic E-state index is 13.8. The zero-order valence-electron chi connectivity index (χ0n) is 19.8. The minimum Gasteiger partial charge on any atom is -0.464 e. The zero-order valence-corrected chi connectivity index (χ0v) is 20.6. The van der Waals surface area contributed by atoms with Crippen molar-refractivity contribution in [3.63, 3.8) is 0 Å². The lowest BCUT2D eigenvalue weighted by molar-refractivity contribution is -0.137. The molecular weight excluding hydrogens is 499 g/mol. The molecule has 1 aromatic carbocycles. The summed E-state index contributed by atoms with van der Waals surface area (Å²) < 4.78 is 50.1. The summed E-state index contributed by atoms with van der Waals surface area (Å²) in [4.78, 5) is 39.5. The fraction of sp³-hybridized carbons (Fsp3) is 0.304. The van der Waals surface area contributed by atoms with E-state index in [-0.39, 0.29) is 27.7 Å². The summed E-state index contributed by atoms with van der Waals surface area (Å²) in [6.07, 6.45) is -4.72. The van der Waals surface area contributed by atoms with Crippen molar-refractivity contribution in [3.05, 3.63) is 64.1 Å². The third kappa shape index (κ3) is 5.67. The number of aromatic nitrogens is 1. The summed E-state index contributed by atoms with van der Waals surface area (Å²) in [7, 11) is 0. The molecule has 0 spiro atoms. The average molecular weight is 524 g/mol. The number of amides is 3. The Balaban J connectivity index is 2.27. The Kier molecular flexibility index (Phi) is 7.16. The van der Waals surface area contributed by atoms with E-state index < -0.39 is 41.0 Å². The summed E-state index contributed by atoms with van der Waals surface area (Å²) in [6, 6.07) is 5.38. The lowest BCUT2D eigenvalue weighted by Gasteiger charge is -2.32. The predicted molar refractivity (Wildman–Crippen MR) is 127 cm³/mol. The number of furan rings is 1. The molecule has 0 bridgehead atoms. The third-order valence-electron chi connectivity index (χ3n) is 4.86. The van der Waals surface area contributed by atoms with Crippen LogP contribution in [0.4, 0.5) is 24.5 Å². The first-order valence-electron chi connectivity index (χ1n) is 10.5. The number of anilines is 2. The molecule has 9 nitrogen and oxygen atoms in total. The molecule has 2 aromatic heterocycles. The minimum atomic E-state index is -4.72. The number of hydrogen-bond acceptors (Lipinski definition) is 7. The largest absolute Gasteiger partial charge is 0.464 e. The van der Waals surface area contributed by atoms with Crippen molar-refractivity contribution >= 4 is 40.6 Å². The van der Waals surface area contributed by atoms with Gasteiger partial charge in [0.1, 0.15) is 16.4 Å². The standard InChI is InChI=1S/C23H24F3N5O4S/c1-11-8-9-14(35-11)17(20(33)29-22(2,3)4)31(13-7-5-6-12(10-13)23(24,25)26)21(34)18-15(27)16(19(28)32)30-36-18/h5-10,17H,27H2,1-4H3,(H2,28,32)(H,29,33)/t17-/m1/s1. The first-order chi connectivity index (χ1) is 16.6. The van der Waals surface area contributed by atoms with Crippen molar-refractivity contribution in [1.82, 2.24) is 9.69 Å². The van der Waals surface area contributed by atoms with E-state index in [2.05, 4.69) is 9.69 Å². The SMILES string of the molecule is Cc1ccc([C@H](C(=O)NC(C)(C)C)N(C(=O)c2snc(C(N)=O)c2N)c2cccc(C(F)(F)F)c2)o1.